The van der Waals surface area contributed by atoms with Crippen LogP contribution in [0.3, 0.4) is 0 Å². The molecule has 0 radical (unpaired) electrons. The maximum atomic E-state index is 3.87. The molecule has 0 saturated heterocycles. The second kappa shape index (κ2) is 4.43. The highest BCUT2D eigenvalue weighted by molar-refractivity contribution is 14.1. The Balaban J connectivity index is 2.64. The molecule has 1 fully saturated rings. The first-order valence-electron chi connectivity index (χ1n) is 3.64. The maximum absolute atomic E-state index is 3.87. The molecule has 0 spiro atoms. The van der Waals surface area contributed by atoms with Gasteiger partial charge >= 0.3 is 0 Å². The molecule has 0 heterocycles. The van der Waals surface area contributed by atoms with Crippen molar-refractivity contribution in [2.45, 2.75) is 20.2 Å². The minimum absolute atomic E-state index is 0.539. The second-order valence-electron chi connectivity index (χ2n) is 3.07. The van der Waals surface area contributed by atoms with Crippen molar-refractivity contribution in [2.24, 2.45) is 5.92 Å². The van der Waals surface area contributed by atoms with E-state index in [1.807, 2.05) is 0 Å². The fourth-order valence-electron chi connectivity index (χ4n) is 1.44. The van der Waals surface area contributed by atoms with Crippen molar-refractivity contribution in [3.63, 3.8) is 0 Å². The summed E-state index contributed by atoms with van der Waals surface area (Å²) in [6, 6.07) is 0. The second-order valence-corrected chi connectivity index (χ2v) is 7.49. The zero-order valence-electron chi connectivity index (χ0n) is 6.19. The van der Waals surface area contributed by atoms with Gasteiger partial charge in [0.25, 0.3) is 0 Å². The van der Waals surface area contributed by atoms with Crippen molar-refractivity contribution in [2.75, 3.05) is 4.43 Å². The van der Waals surface area contributed by atoms with Crippen LogP contribution in [0.2, 0.25) is 0 Å². The molecule has 0 amide bonds. The lowest BCUT2D eigenvalue weighted by Crippen LogP contribution is -2.27. The SMILES string of the molecule is C=CC1CC(I)C(I)(CI)C1. The average Bonchev–Trinajstić information content (AvgIpc) is 2.29. The molecule has 3 atom stereocenters. The van der Waals surface area contributed by atoms with E-state index in [9.17, 15) is 0 Å². The molecule has 0 N–H and O–H groups in total. The summed E-state index contributed by atoms with van der Waals surface area (Å²) in [5.74, 6) is 0.767. The molecule has 1 rings (SSSR count). The normalized spacial score (nSPS) is 44.3. The first-order chi connectivity index (χ1) is 5.12. The van der Waals surface area contributed by atoms with Gasteiger partial charge in [-0.25, -0.2) is 0 Å². The topological polar surface area (TPSA) is 0 Å². The molecule has 1 saturated carbocycles. The van der Waals surface area contributed by atoms with Crippen LogP contribution in [0.4, 0.5) is 0 Å². The van der Waals surface area contributed by atoms with Crippen molar-refractivity contribution in [1.29, 1.82) is 0 Å². The van der Waals surface area contributed by atoms with Crippen molar-refractivity contribution >= 4 is 67.8 Å². The first kappa shape index (κ1) is 11.0. The van der Waals surface area contributed by atoms with Crippen LogP contribution in [0, 0.1) is 5.92 Å². The molecule has 3 unspecified atom stereocenters. The molecular weight excluding hydrogens is 477 g/mol. The Morgan fingerprint density at radius 1 is 1.64 bits per heavy atom. The molecule has 0 aliphatic heterocycles. The zero-order chi connectivity index (χ0) is 8.48. The highest BCUT2D eigenvalue weighted by atomic mass is 127. The van der Waals surface area contributed by atoms with E-state index in [0.29, 0.717) is 3.42 Å². The highest BCUT2D eigenvalue weighted by Gasteiger charge is 2.42. The van der Waals surface area contributed by atoms with Gasteiger partial charge < -0.3 is 0 Å². The molecule has 1 aliphatic carbocycles. The Hall–Kier alpha value is 1.93. The Morgan fingerprint density at radius 2 is 2.27 bits per heavy atom. The summed E-state index contributed by atoms with van der Waals surface area (Å²) in [6.45, 7) is 3.87. The predicted molar refractivity (Wildman–Crippen MR) is 76.4 cm³/mol. The summed E-state index contributed by atoms with van der Waals surface area (Å²) < 4.78 is 2.64. The van der Waals surface area contributed by atoms with Gasteiger partial charge in [-0.05, 0) is 18.8 Å². The number of alkyl halides is 3. The van der Waals surface area contributed by atoms with E-state index in [-0.39, 0.29) is 0 Å². The van der Waals surface area contributed by atoms with Crippen LogP contribution < -0.4 is 0 Å². The van der Waals surface area contributed by atoms with Gasteiger partial charge in [0.2, 0.25) is 0 Å². The summed E-state index contributed by atoms with van der Waals surface area (Å²) in [6.07, 6.45) is 4.78. The van der Waals surface area contributed by atoms with Crippen LogP contribution in [0.1, 0.15) is 12.8 Å². The summed E-state index contributed by atoms with van der Waals surface area (Å²) in [7, 11) is 0. The van der Waals surface area contributed by atoms with Gasteiger partial charge in [0.1, 0.15) is 0 Å². The van der Waals surface area contributed by atoms with E-state index < -0.39 is 0 Å². The number of rotatable bonds is 2. The molecule has 1 aliphatic rings. The van der Waals surface area contributed by atoms with Crippen LogP contribution in [0.5, 0.6) is 0 Å². The molecule has 0 bridgehead atoms. The zero-order valence-corrected chi connectivity index (χ0v) is 12.7. The number of hydrogen-bond acceptors (Lipinski definition) is 0. The molecule has 64 valence electrons. The van der Waals surface area contributed by atoms with Crippen molar-refractivity contribution < 1.29 is 0 Å². The van der Waals surface area contributed by atoms with Crippen molar-refractivity contribution in [3.05, 3.63) is 12.7 Å². The Labute approximate surface area is 109 Å². The number of halogens is 3. The summed E-state index contributed by atoms with van der Waals surface area (Å²) in [4.78, 5) is 0. The van der Waals surface area contributed by atoms with Gasteiger partial charge in [0, 0.05) is 11.8 Å². The summed E-state index contributed by atoms with van der Waals surface area (Å²) in [5, 5.41) is 0. The third kappa shape index (κ3) is 2.45. The Kier molecular flexibility index (Phi) is 4.44. The lowest BCUT2D eigenvalue weighted by molar-refractivity contribution is 0.663. The lowest BCUT2D eigenvalue weighted by Gasteiger charge is -2.22. The van der Waals surface area contributed by atoms with E-state index in [4.69, 9.17) is 0 Å². The summed E-state index contributed by atoms with van der Waals surface area (Å²) in [5.41, 5.74) is 0. The van der Waals surface area contributed by atoms with E-state index in [1.165, 1.54) is 17.3 Å². The standard InChI is InChI=1S/C8H11I3/c1-2-6-3-7(10)8(11,4-6)5-9/h2,6-7H,1,3-5H2. The van der Waals surface area contributed by atoms with Gasteiger partial charge in [0.15, 0.2) is 0 Å². The molecule has 0 nitrogen and oxygen atoms in total. The Morgan fingerprint density at radius 3 is 2.55 bits per heavy atom. The molecule has 11 heavy (non-hydrogen) atoms. The minimum Gasteiger partial charge on any atom is -0.103 e. The quantitative estimate of drug-likeness (QED) is 0.314. The monoisotopic (exact) mass is 488 g/mol. The van der Waals surface area contributed by atoms with Gasteiger partial charge in [-0.2, -0.15) is 0 Å². The van der Waals surface area contributed by atoms with Crippen LogP contribution in [0.25, 0.3) is 0 Å². The smallest absolute Gasteiger partial charge is 0.0434 e. The lowest BCUT2D eigenvalue weighted by atomic mass is 10.1. The molecule has 0 aromatic rings. The predicted octanol–water partition coefficient (Wildman–Crippen LogP) is 3.99. The largest absolute Gasteiger partial charge is 0.103 e. The van der Waals surface area contributed by atoms with E-state index >= 15 is 0 Å². The van der Waals surface area contributed by atoms with Crippen molar-refractivity contribution in [3.8, 4) is 0 Å². The average molecular weight is 488 g/mol. The molecule has 3 heteroatoms. The van der Waals surface area contributed by atoms with Gasteiger partial charge in [-0.3, -0.25) is 0 Å². The minimum atomic E-state index is 0.539. The van der Waals surface area contributed by atoms with Crippen LogP contribution >= 0.6 is 67.8 Å². The fraction of sp³-hybridized carbons (Fsp3) is 0.750. The number of allylic oxidation sites excluding steroid dienone is 1. The van der Waals surface area contributed by atoms with Crippen LogP contribution in [0.15, 0.2) is 12.7 Å². The maximum Gasteiger partial charge on any atom is 0.0434 e. The van der Waals surface area contributed by atoms with E-state index in [1.54, 1.807) is 0 Å². The summed E-state index contributed by atoms with van der Waals surface area (Å²) >= 11 is 7.72. The first-order valence-corrected chi connectivity index (χ1v) is 7.49. The van der Waals surface area contributed by atoms with Gasteiger partial charge in [0.05, 0.1) is 0 Å². The molecule has 0 aromatic carbocycles. The number of hydrogen-bond donors (Lipinski definition) is 0. The van der Waals surface area contributed by atoms with Crippen LogP contribution in [-0.4, -0.2) is 11.8 Å². The fourth-order valence-corrected chi connectivity index (χ4v) is 5.08. The van der Waals surface area contributed by atoms with Gasteiger partial charge in [-0.15, -0.1) is 6.58 Å². The molecule has 0 aromatic heterocycles. The van der Waals surface area contributed by atoms with Crippen molar-refractivity contribution in [1.82, 2.24) is 0 Å². The van der Waals surface area contributed by atoms with E-state index in [0.717, 1.165) is 9.84 Å². The third-order valence-corrected chi connectivity index (χ3v) is 9.51. The molecular formula is C8H11I3. The van der Waals surface area contributed by atoms with Crippen LogP contribution in [-0.2, 0) is 0 Å². The highest BCUT2D eigenvalue weighted by Crippen LogP contribution is 2.47. The van der Waals surface area contributed by atoms with Gasteiger partial charge in [-0.1, -0.05) is 73.8 Å². The Bertz CT molecular complexity index is 157. The third-order valence-electron chi connectivity index (χ3n) is 2.23. The van der Waals surface area contributed by atoms with E-state index in [2.05, 4.69) is 80.4 Å².